The van der Waals surface area contributed by atoms with Gasteiger partial charge in [-0.3, -0.25) is 4.79 Å². The van der Waals surface area contributed by atoms with Gasteiger partial charge in [-0.2, -0.15) is 0 Å². The summed E-state index contributed by atoms with van der Waals surface area (Å²) in [7, 11) is 1.88. The van der Waals surface area contributed by atoms with E-state index in [1.54, 1.807) is 0 Å². The maximum atomic E-state index is 12.2. The molecule has 2 rings (SSSR count). The molecule has 4 heteroatoms. The number of hydrogen-bond donors (Lipinski definition) is 1. The minimum Gasteiger partial charge on any atom is -0.378 e. The van der Waals surface area contributed by atoms with Gasteiger partial charge in [-0.05, 0) is 26.2 Å². The maximum absolute atomic E-state index is 12.2. The Labute approximate surface area is 103 Å². The van der Waals surface area contributed by atoms with Gasteiger partial charge in [0.1, 0.15) is 0 Å². The molecule has 2 aliphatic rings. The lowest BCUT2D eigenvalue weighted by molar-refractivity contribution is -0.165. The van der Waals surface area contributed by atoms with Crippen LogP contribution in [0.1, 0.15) is 40.0 Å². The quantitative estimate of drug-likeness (QED) is 0.801. The minimum absolute atomic E-state index is 0.0334. The van der Waals surface area contributed by atoms with Crippen LogP contribution in [0.3, 0.4) is 0 Å². The van der Waals surface area contributed by atoms with E-state index in [0.717, 1.165) is 25.9 Å². The molecule has 4 nitrogen and oxygen atoms in total. The minimum atomic E-state index is -0.554. The second kappa shape index (κ2) is 3.95. The highest BCUT2D eigenvalue weighted by Gasteiger charge is 2.55. The number of nitrogens with zero attached hydrogens (tertiary/aromatic N) is 1. The van der Waals surface area contributed by atoms with E-state index in [1.807, 2.05) is 18.9 Å². The van der Waals surface area contributed by atoms with Gasteiger partial charge < -0.3 is 15.4 Å². The first-order chi connectivity index (χ1) is 7.83. The molecule has 2 fully saturated rings. The molecular weight excluding hydrogens is 216 g/mol. The van der Waals surface area contributed by atoms with Crippen LogP contribution in [-0.4, -0.2) is 42.1 Å². The van der Waals surface area contributed by atoms with Crippen molar-refractivity contribution < 1.29 is 9.53 Å². The normalized spacial score (nSPS) is 32.8. The van der Waals surface area contributed by atoms with E-state index in [1.165, 1.54) is 0 Å². The molecule has 0 unspecified atom stereocenters. The highest BCUT2D eigenvalue weighted by molar-refractivity contribution is 5.89. The number of likely N-dealkylation sites (N-methyl/N-ethyl adjacent to an activating group) is 1. The van der Waals surface area contributed by atoms with Gasteiger partial charge in [-0.1, -0.05) is 13.8 Å². The number of rotatable bonds is 4. The molecule has 2 saturated carbocycles. The first kappa shape index (κ1) is 12.8. The summed E-state index contributed by atoms with van der Waals surface area (Å²) in [6, 6.07) is 0.257. The number of ether oxygens (including phenoxy) is 1. The lowest BCUT2D eigenvalue weighted by Gasteiger charge is -2.55. The fourth-order valence-electron chi connectivity index (χ4n) is 2.85. The molecule has 0 aromatic rings. The first-order valence-electron chi connectivity index (χ1n) is 6.50. The van der Waals surface area contributed by atoms with Crippen LogP contribution in [0.5, 0.6) is 0 Å². The topological polar surface area (TPSA) is 55.6 Å². The van der Waals surface area contributed by atoms with E-state index >= 15 is 0 Å². The first-order valence-corrected chi connectivity index (χ1v) is 6.50. The summed E-state index contributed by atoms with van der Waals surface area (Å²) >= 11 is 0. The van der Waals surface area contributed by atoms with Crippen LogP contribution in [0.25, 0.3) is 0 Å². The van der Waals surface area contributed by atoms with Gasteiger partial charge in [-0.15, -0.1) is 0 Å². The van der Waals surface area contributed by atoms with Gasteiger partial charge in [0.15, 0.2) is 0 Å². The SMILES string of the molecule is CCO[C@H]1C[C@H](N(C)C(=O)C2(N)CC2)C1(C)C. The average molecular weight is 240 g/mol. The monoisotopic (exact) mass is 240 g/mol. The maximum Gasteiger partial charge on any atom is 0.242 e. The van der Waals surface area contributed by atoms with E-state index in [9.17, 15) is 4.79 Å². The van der Waals surface area contributed by atoms with Crippen molar-refractivity contribution in [2.45, 2.75) is 57.7 Å². The second-order valence-electron chi connectivity index (χ2n) is 6.09. The fraction of sp³-hybridized carbons (Fsp3) is 0.923. The average Bonchev–Trinajstić information content (AvgIpc) is 3.01. The molecule has 0 radical (unpaired) electrons. The van der Waals surface area contributed by atoms with Gasteiger partial charge >= 0.3 is 0 Å². The fourth-order valence-corrected chi connectivity index (χ4v) is 2.85. The summed E-state index contributed by atoms with van der Waals surface area (Å²) < 4.78 is 5.69. The Balaban J connectivity index is 1.98. The van der Waals surface area contributed by atoms with E-state index in [2.05, 4.69) is 13.8 Å². The van der Waals surface area contributed by atoms with E-state index < -0.39 is 5.54 Å². The van der Waals surface area contributed by atoms with E-state index in [0.29, 0.717) is 0 Å². The molecule has 2 atom stereocenters. The highest BCUT2D eigenvalue weighted by atomic mass is 16.5. The molecule has 1 amide bonds. The van der Waals surface area contributed by atoms with E-state index in [4.69, 9.17) is 10.5 Å². The van der Waals surface area contributed by atoms with Crippen molar-refractivity contribution in [1.29, 1.82) is 0 Å². The summed E-state index contributed by atoms with van der Waals surface area (Å²) in [6.45, 7) is 7.08. The van der Waals surface area contributed by atoms with Gasteiger partial charge in [0.25, 0.3) is 0 Å². The molecule has 2 aliphatic carbocycles. The Morgan fingerprint density at radius 2 is 2.06 bits per heavy atom. The van der Waals surface area contributed by atoms with Crippen LogP contribution in [0.2, 0.25) is 0 Å². The van der Waals surface area contributed by atoms with Crippen LogP contribution in [0.15, 0.2) is 0 Å². The molecule has 0 heterocycles. The summed E-state index contributed by atoms with van der Waals surface area (Å²) in [6.07, 6.45) is 2.86. The van der Waals surface area contributed by atoms with Crippen molar-refractivity contribution in [1.82, 2.24) is 4.90 Å². The molecule has 0 saturated heterocycles. The van der Waals surface area contributed by atoms with Gasteiger partial charge in [0, 0.05) is 25.1 Å². The smallest absolute Gasteiger partial charge is 0.242 e. The molecule has 17 heavy (non-hydrogen) atoms. The largest absolute Gasteiger partial charge is 0.378 e. The predicted molar refractivity (Wildman–Crippen MR) is 66.5 cm³/mol. The van der Waals surface area contributed by atoms with Crippen molar-refractivity contribution >= 4 is 5.91 Å². The Morgan fingerprint density at radius 1 is 1.47 bits per heavy atom. The molecule has 0 aromatic heterocycles. The zero-order chi connectivity index (χ0) is 12.8. The van der Waals surface area contributed by atoms with Crippen molar-refractivity contribution in [3.8, 4) is 0 Å². The van der Waals surface area contributed by atoms with Crippen LogP contribution in [0.4, 0.5) is 0 Å². The lowest BCUT2D eigenvalue weighted by Crippen LogP contribution is -2.64. The Kier molecular flexibility index (Phi) is 2.99. The standard InChI is InChI=1S/C13H24N2O2/c1-5-17-10-8-9(12(10,2)3)15(4)11(16)13(14)6-7-13/h9-10H,5-8,14H2,1-4H3/t9-,10-/m0/s1. The number of carbonyl (C=O) groups is 1. The van der Waals surface area contributed by atoms with Crippen LogP contribution >= 0.6 is 0 Å². The van der Waals surface area contributed by atoms with Gasteiger partial charge in [0.05, 0.1) is 11.6 Å². The number of carbonyl (C=O) groups excluding carboxylic acids is 1. The second-order valence-corrected chi connectivity index (χ2v) is 6.09. The Morgan fingerprint density at radius 3 is 2.47 bits per heavy atom. The van der Waals surface area contributed by atoms with Gasteiger partial charge in [-0.25, -0.2) is 0 Å². The van der Waals surface area contributed by atoms with Crippen molar-refractivity contribution in [2.24, 2.45) is 11.1 Å². The van der Waals surface area contributed by atoms with Gasteiger partial charge in [0.2, 0.25) is 5.91 Å². The van der Waals surface area contributed by atoms with Crippen molar-refractivity contribution in [2.75, 3.05) is 13.7 Å². The third kappa shape index (κ3) is 1.97. The number of amides is 1. The Hall–Kier alpha value is -0.610. The predicted octanol–water partition coefficient (Wildman–Crippen LogP) is 1.14. The van der Waals surface area contributed by atoms with E-state index in [-0.39, 0.29) is 23.5 Å². The summed E-state index contributed by atoms with van der Waals surface area (Å²) in [5, 5.41) is 0. The van der Waals surface area contributed by atoms with Crippen molar-refractivity contribution in [3.05, 3.63) is 0 Å². The van der Waals surface area contributed by atoms with Crippen molar-refractivity contribution in [3.63, 3.8) is 0 Å². The summed E-state index contributed by atoms with van der Waals surface area (Å²) in [5.74, 6) is 0.102. The lowest BCUT2D eigenvalue weighted by atomic mass is 9.63. The number of nitrogens with two attached hydrogens (primary N) is 1. The molecule has 2 N–H and O–H groups in total. The number of hydrogen-bond acceptors (Lipinski definition) is 3. The molecule has 0 aromatic carbocycles. The molecule has 98 valence electrons. The summed E-state index contributed by atoms with van der Waals surface area (Å²) in [5.41, 5.74) is 5.45. The van der Waals surface area contributed by atoms with Crippen LogP contribution in [-0.2, 0) is 9.53 Å². The van der Waals surface area contributed by atoms with Crippen LogP contribution in [0, 0.1) is 5.41 Å². The third-order valence-electron chi connectivity index (χ3n) is 4.50. The molecular formula is C13H24N2O2. The molecule has 0 spiro atoms. The zero-order valence-electron chi connectivity index (χ0n) is 11.3. The highest BCUT2D eigenvalue weighted by Crippen LogP contribution is 2.47. The summed E-state index contributed by atoms with van der Waals surface area (Å²) in [4.78, 5) is 14.0. The molecule has 0 bridgehead atoms. The third-order valence-corrected chi connectivity index (χ3v) is 4.50. The zero-order valence-corrected chi connectivity index (χ0v) is 11.3. The Bertz CT molecular complexity index is 323. The van der Waals surface area contributed by atoms with Crippen LogP contribution < -0.4 is 5.73 Å². The molecule has 0 aliphatic heterocycles.